The number of likely N-dealkylation sites (N-methyl/N-ethyl adjacent to an activating group) is 1. The Labute approximate surface area is 55.5 Å². The Balaban J connectivity index is 2.22. The number of nitrogens with one attached hydrogen (secondary N) is 2. The number of aliphatic hydroxyl groups excluding tert-OH is 1. The lowest BCUT2D eigenvalue weighted by Crippen LogP contribution is -2.38. The summed E-state index contributed by atoms with van der Waals surface area (Å²) in [5.74, 6) is 0. The van der Waals surface area contributed by atoms with Crippen LogP contribution in [0.15, 0.2) is 0 Å². The van der Waals surface area contributed by atoms with Gasteiger partial charge in [0.25, 0.3) is 0 Å². The maximum atomic E-state index is 9.20. The molecule has 0 aromatic heterocycles. The van der Waals surface area contributed by atoms with E-state index in [1.807, 2.05) is 6.92 Å². The predicted octanol–water partition coefficient (Wildman–Crippen LogP) is -1.07. The molecule has 0 saturated carbocycles. The second-order valence-electron chi connectivity index (χ2n) is 2.39. The third-order valence-electron chi connectivity index (χ3n) is 1.65. The molecule has 2 atom stereocenters. The standard InChI is InChI=1S/C6H14N2O/c1-2-8-5-3-7-4-6(5)9/h5-9H,2-4H2,1H3/t5-,6+/m1/s1. The minimum Gasteiger partial charge on any atom is -0.390 e. The van der Waals surface area contributed by atoms with Crippen molar-refractivity contribution in [3.05, 3.63) is 0 Å². The van der Waals surface area contributed by atoms with Crippen molar-refractivity contribution in [2.75, 3.05) is 19.6 Å². The predicted molar refractivity (Wildman–Crippen MR) is 36.3 cm³/mol. The van der Waals surface area contributed by atoms with E-state index in [-0.39, 0.29) is 12.1 Å². The molecular weight excluding hydrogens is 116 g/mol. The molecule has 1 fully saturated rings. The van der Waals surface area contributed by atoms with Gasteiger partial charge in [0.15, 0.2) is 0 Å². The molecule has 0 spiro atoms. The number of rotatable bonds is 2. The monoisotopic (exact) mass is 130 g/mol. The maximum absolute atomic E-state index is 9.20. The third-order valence-corrected chi connectivity index (χ3v) is 1.65. The van der Waals surface area contributed by atoms with Gasteiger partial charge >= 0.3 is 0 Å². The van der Waals surface area contributed by atoms with Crippen LogP contribution in [0.3, 0.4) is 0 Å². The minimum atomic E-state index is -0.190. The van der Waals surface area contributed by atoms with Crippen LogP contribution in [-0.4, -0.2) is 36.9 Å². The largest absolute Gasteiger partial charge is 0.390 e. The van der Waals surface area contributed by atoms with Gasteiger partial charge in [0.05, 0.1) is 6.10 Å². The van der Waals surface area contributed by atoms with Crippen LogP contribution in [-0.2, 0) is 0 Å². The first-order valence-corrected chi connectivity index (χ1v) is 3.46. The van der Waals surface area contributed by atoms with E-state index in [0.29, 0.717) is 0 Å². The van der Waals surface area contributed by atoms with Crippen LogP contribution in [0.25, 0.3) is 0 Å². The topological polar surface area (TPSA) is 44.3 Å². The van der Waals surface area contributed by atoms with Gasteiger partial charge in [-0.3, -0.25) is 0 Å². The van der Waals surface area contributed by atoms with E-state index < -0.39 is 0 Å². The SMILES string of the molecule is CCN[C@@H]1CNC[C@@H]1O. The second kappa shape index (κ2) is 3.15. The van der Waals surface area contributed by atoms with Crippen LogP contribution >= 0.6 is 0 Å². The number of hydrogen-bond donors (Lipinski definition) is 3. The summed E-state index contributed by atoms with van der Waals surface area (Å²) < 4.78 is 0. The van der Waals surface area contributed by atoms with Crippen molar-refractivity contribution in [3.8, 4) is 0 Å². The first-order chi connectivity index (χ1) is 4.34. The molecule has 0 amide bonds. The van der Waals surface area contributed by atoms with E-state index in [0.717, 1.165) is 19.6 Å². The fourth-order valence-electron chi connectivity index (χ4n) is 1.14. The molecule has 1 aliphatic heterocycles. The van der Waals surface area contributed by atoms with E-state index in [9.17, 15) is 5.11 Å². The quantitative estimate of drug-likeness (QED) is 0.446. The molecule has 1 rings (SSSR count). The van der Waals surface area contributed by atoms with Gasteiger partial charge in [-0.25, -0.2) is 0 Å². The fourth-order valence-corrected chi connectivity index (χ4v) is 1.14. The summed E-state index contributed by atoms with van der Waals surface area (Å²) >= 11 is 0. The lowest BCUT2D eigenvalue weighted by atomic mass is 10.2. The van der Waals surface area contributed by atoms with E-state index in [1.54, 1.807) is 0 Å². The Morgan fingerprint density at radius 2 is 2.44 bits per heavy atom. The summed E-state index contributed by atoms with van der Waals surface area (Å²) in [4.78, 5) is 0. The van der Waals surface area contributed by atoms with Gasteiger partial charge in [-0.2, -0.15) is 0 Å². The van der Waals surface area contributed by atoms with Crippen molar-refractivity contribution in [1.82, 2.24) is 10.6 Å². The minimum absolute atomic E-state index is 0.190. The van der Waals surface area contributed by atoms with Gasteiger partial charge in [-0.1, -0.05) is 6.92 Å². The van der Waals surface area contributed by atoms with Crippen molar-refractivity contribution < 1.29 is 5.11 Å². The molecular formula is C6H14N2O. The first kappa shape index (κ1) is 6.99. The Hall–Kier alpha value is -0.120. The molecule has 0 aromatic carbocycles. The summed E-state index contributed by atoms with van der Waals surface area (Å²) in [6.45, 7) is 4.61. The second-order valence-corrected chi connectivity index (χ2v) is 2.39. The molecule has 1 saturated heterocycles. The fraction of sp³-hybridized carbons (Fsp3) is 1.00. The normalized spacial score (nSPS) is 35.3. The van der Waals surface area contributed by atoms with Crippen LogP contribution < -0.4 is 10.6 Å². The molecule has 54 valence electrons. The maximum Gasteiger partial charge on any atom is 0.0829 e. The lowest BCUT2D eigenvalue weighted by molar-refractivity contribution is 0.164. The van der Waals surface area contributed by atoms with Gasteiger partial charge in [0, 0.05) is 19.1 Å². The zero-order chi connectivity index (χ0) is 6.69. The zero-order valence-electron chi connectivity index (χ0n) is 5.72. The summed E-state index contributed by atoms with van der Waals surface area (Å²) in [5.41, 5.74) is 0. The Kier molecular flexibility index (Phi) is 2.45. The number of β-amino-alcohol motifs (C(OH)–C–C–N with tert-alkyl or cyclic N) is 1. The molecule has 0 unspecified atom stereocenters. The Morgan fingerprint density at radius 1 is 1.67 bits per heavy atom. The highest BCUT2D eigenvalue weighted by Crippen LogP contribution is 1.97. The first-order valence-electron chi connectivity index (χ1n) is 3.46. The van der Waals surface area contributed by atoms with E-state index >= 15 is 0 Å². The Bertz CT molecular complexity index is 87.1. The van der Waals surface area contributed by atoms with Crippen LogP contribution in [0, 0.1) is 0 Å². The molecule has 1 aliphatic rings. The van der Waals surface area contributed by atoms with Gasteiger partial charge in [0.2, 0.25) is 0 Å². The molecule has 3 nitrogen and oxygen atoms in total. The van der Waals surface area contributed by atoms with Crippen molar-refractivity contribution in [3.63, 3.8) is 0 Å². The summed E-state index contributed by atoms with van der Waals surface area (Å²) in [6.07, 6.45) is -0.190. The van der Waals surface area contributed by atoms with Gasteiger partial charge in [-0.05, 0) is 6.54 Å². The number of aliphatic hydroxyl groups is 1. The average molecular weight is 130 g/mol. The van der Waals surface area contributed by atoms with Crippen LogP contribution in [0.1, 0.15) is 6.92 Å². The van der Waals surface area contributed by atoms with Crippen molar-refractivity contribution in [2.45, 2.75) is 19.1 Å². The highest BCUT2D eigenvalue weighted by Gasteiger charge is 2.22. The third kappa shape index (κ3) is 1.64. The van der Waals surface area contributed by atoms with Crippen molar-refractivity contribution >= 4 is 0 Å². The zero-order valence-corrected chi connectivity index (χ0v) is 5.72. The van der Waals surface area contributed by atoms with Crippen LogP contribution in [0.2, 0.25) is 0 Å². The van der Waals surface area contributed by atoms with Gasteiger partial charge in [-0.15, -0.1) is 0 Å². The molecule has 0 radical (unpaired) electrons. The average Bonchev–Trinajstić information content (AvgIpc) is 2.18. The molecule has 9 heavy (non-hydrogen) atoms. The van der Waals surface area contributed by atoms with Gasteiger partial charge in [0.1, 0.15) is 0 Å². The molecule has 1 heterocycles. The highest BCUT2D eigenvalue weighted by molar-refractivity contribution is 4.85. The van der Waals surface area contributed by atoms with Crippen molar-refractivity contribution in [1.29, 1.82) is 0 Å². The van der Waals surface area contributed by atoms with E-state index in [2.05, 4.69) is 10.6 Å². The van der Waals surface area contributed by atoms with Gasteiger partial charge < -0.3 is 15.7 Å². The molecule has 0 aromatic rings. The lowest BCUT2D eigenvalue weighted by Gasteiger charge is -2.12. The van der Waals surface area contributed by atoms with E-state index in [4.69, 9.17) is 0 Å². The molecule has 3 heteroatoms. The van der Waals surface area contributed by atoms with Crippen LogP contribution in [0.4, 0.5) is 0 Å². The Morgan fingerprint density at radius 3 is 2.89 bits per heavy atom. The summed E-state index contributed by atoms with van der Waals surface area (Å²) in [5, 5.41) is 15.5. The summed E-state index contributed by atoms with van der Waals surface area (Å²) in [6, 6.07) is 0.273. The molecule has 0 bridgehead atoms. The van der Waals surface area contributed by atoms with E-state index in [1.165, 1.54) is 0 Å². The smallest absolute Gasteiger partial charge is 0.0829 e. The van der Waals surface area contributed by atoms with Crippen LogP contribution in [0.5, 0.6) is 0 Å². The molecule has 0 aliphatic carbocycles. The van der Waals surface area contributed by atoms with Crippen molar-refractivity contribution in [2.24, 2.45) is 0 Å². The summed E-state index contributed by atoms with van der Waals surface area (Å²) in [7, 11) is 0. The highest BCUT2D eigenvalue weighted by atomic mass is 16.3. The number of hydrogen-bond acceptors (Lipinski definition) is 3. The molecule has 3 N–H and O–H groups in total.